The number of fused-ring (bicyclic) bond motifs is 2. The van der Waals surface area contributed by atoms with E-state index in [0.717, 1.165) is 36.8 Å². The molecule has 268 valence electrons. The van der Waals surface area contributed by atoms with Gasteiger partial charge in [0.25, 0.3) is 0 Å². The number of ether oxygens (including phenoxy) is 3. The standard InChI is InChI=1S/C38H58N2O8/c1-9-20-46-38-32(40(8)35(44)45-24-36(2,3)4)23-30(39-48-37(5,6)7)28-21-25(14-10-12-18-41)27(15-11-13-19-42)33(34(28)38)29-22-26(43)16-17-31(29)47-38/h9,16-17,21-22,25,27,32-34,41-43H,1,10-15,18-20,23-24H2,2-8H3. The number of hydrogen-bond acceptors (Lipinski definition) is 9. The van der Waals surface area contributed by atoms with Crippen molar-refractivity contribution in [2.45, 2.75) is 110 Å². The van der Waals surface area contributed by atoms with E-state index >= 15 is 0 Å². The van der Waals surface area contributed by atoms with E-state index in [1.165, 1.54) is 0 Å². The number of allylic oxidation sites excluding steroid dienone is 1. The number of nitrogens with zero attached hydrogens (tertiary/aromatic N) is 2. The molecule has 6 atom stereocenters. The molecule has 1 aromatic rings. The number of oxime groups is 1. The summed E-state index contributed by atoms with van der Waals surface area (Å²) in [6.07, 6.45) is 8.47. The second kappa shape index (κ2) is 15.6. The Bertz CT molecular complexity index is 1330. The molecule has 0 spiro atoms. The molecule has 2 aliphatic carbocycles. The van der Waals surface area contributed by atoms with E-state index in [4.69, 9.17) is 24.2 Å². The Morgan fingerprint density at radius 3 is 2.42 bits per heavy atom. The van der Waals surface area contributed by atoms with Crippen LogP contribution >= 0.6 is 0 Å². The molecule has 6 unspecified atom stereocenters. The van der Waals surface area contributed by atoms with Crippen molar-refractivity contribution in [3.63, 3.8) is 0 Å². The number of phenolic OH excluding ortho intramolecular Hbond substituents is 1. The molecule has 0 aromatic heterocycles. The maximum absolute atomic E-state index is 13.8. The predicted molar refractivity (Wildman–Crippen MR) is 186 cm³/mol. The number of carbonyl (C=O) groups excluding carboxylic acids is 1. The van der Waals surface area contributed by atoms with Crippen LogP contribution in [0, 0.1) is 23.2 Å². The van der Waals surface area contributed by atoms with Crippen LogP contribution < -0.4 is 4.74 Å². The lowest BCUT2D eigenvalue weighted by molar-refractivity contribution is -0.254. The summed E-state index contributed by atoms with van der Waals surface area (Å²) in [5.41, 5.74) is 1.75. The van der Waals surface area contributed by atoms with Gasteiger partial charge in [-0.1, -0.05) is 50.9 Å². The highest BCUT2D eigenvalue weighted by Gasteiger charge is 2.65. The first-order chi connectivity index (χ1) is 22.7. The van der Waals surface area contributed by atoms with Gasteiger partial charge in [-0.15, -0.1) is 6.58 Å². The zero-order chi connectivity index (χ0) is 35.3. The van der Waals surface area contributed by atoms with E-state index in [-0.39, 0.29) is 61.8 Å². The summed E-state index contributed by atoms with van der Waals surface area (Å²) >= 11 is 0. The Kier molecular flexibility index (Phi) is 12.3. The van der Waals surface area contributed by atoms with Gasteiger partial charge in [-0.2, -0.15) is 0 Å². The number of hydrogen-bond donors (Lipinski definition) is 3. The molecule has 0 bridgehead atoms. The highest BCUT2D eigenvalue weighted by atomic mass is 16.7. The number of rotatable bonds is 14. The molecule has 0 saturated heterocycles. The average Bonchev–Trinajstić information content (AvgIpc) is 3.02. The Morgan fingerprint density at radius 2 is 1.79 bits per heavy atom. The van der Waals surface area contributed by atoms with Crippen LogP contribution in [-0.2, 0) is 14.3 Å². The van der Waals surface area contributed by atoms with Crippen LogP contribution in [0.1, 0.15) is 98.0 Å². The number of benzene rings is 1. The van der Waals surface area contributed by atoms with Crippen LogP contribution in [0.25, 0.3) is 0 Å². The summed E-state index contributed by atoms with van der Waals surface area (Å²) in [6.45, 7) is 16.4. The van der Waals surface area contributed by atoms with Crippen LogP contribution in [0.3, 0.4) is 0 Å². The molecular weight excluding hydrogens is 612 g/mol. The number of aromatic hydroxyl groups is 1. The van der Waals surface area contributed by atoms with Gasteiger partial charge in [0.1, 0.15) is 23.1 Å². The molecule has 4 rings (SSSR count). The first-order valence-corrected chi connectivity index (χ1v) is 17.5. The fourth-order valence-electron chi connectivity index (χ4n) is 7.44. The Labute approximate surface area is 286 Å². The fourth-order valence-corrected chi connectivity index (χ4v) is 7.44. The third-order valence-corrected chi connectivity index (χ3v) is 9.47. The predicted octanol–water partition coefficient (Wildman–Crippen LogP) is 6.94. The maximum Gasteiger partial charge on any atom is 0.410 e. The minimum atomic E-state index is -1.35. The summed E-state index contributed by atoms with van der Waals surface area (Å²) in [5.74, 6) is -1.04. The Hall–Kier alpha value is -3.08. The van der Waals surface area contributed by atoms with Crippen LogP contribution in [0.15, 0.2) is 47.7 Å². The maximum atomic E-state index is 13.8. The summed E-state index contributed by atoms with van der Waals surface area (Å²) in [7, 11) is 1.72. The van der Waals surface area contributed by atoms with Crippen molar-refractivity contribution in [3.05, 3.63) is 48.1 Å². The zero-order valence-electron chi connectivity index (χ0n) is 30.0. The van der Waals surface area contributed by atoms with Crippen molar-refractivity contribution in [2.24, 2.45) is 28.3 Å². The van der Waals surface area contributed by atoms with Crippen molar-refractivity contribution in [1.82, 2.24) is 4.90 Å². The molecule has 10 nitrogen and oxygen atoms in total. The molecular formula is C38H58N2O8. The number of aliphatic hydroxyl groups excluding tert-OH is 2. The third kappa shape index (κ3) is 8.55. The Morgan fingerprint density at radius 1 is 1.10 bits per heavy atom. The highest BCUT2D eigenvalue weighted by Crippen LogP contribution is 2.61. The van der Waals surface area contributed by atoms with E-state index in [1.807, 2.05) is 41.5 Å². The number of phenols is 1. The van der Waals surface area contributed by atoms with Gasteiger partial charge in [0.2, 0.25) is 5.79 Å². The largest absolute Gasteiger partial charge is 0.508 e. The lowest BCUT2D eigenvalue weighted by atomic mass is 9.55. The van der Waals surface area contributed by atoms with Crippen molar-refractivity contribution >= 4 is 11.8 Å². The Balaban J connectivity index is 1.98. The monoisotopic (exact) mass is 670 g/mol. The number of likely N-dealkylation sites (N-methyl/N-ethyl adjacent to an activating group) is 1. The van der Waals surface area contributed by atoms with Crippen LogP contribution in [0.2, 0.25) is 0 Å². The van der Waals surface area contributed by atoms with E-state index in [1.54, 1.807) is 36.2 Å². The van der Waals surface area contributed by atoms with Crippen molar-refractivity contribution in [2.75, 3.05) is 33.5 Å². The molecule has 0 radical (unpaired) electrons. The van der Waals surface area contributed by atoms with Gasteiger partial charge < -0.3 is 39.3 Å². The molecule has 3 N–H and O–H groups in total. The van der Waals surface area contributed by atoms with Crippen molar-refractivity contribution < 1.29 is 39.2 Å². The number of aliphatic hydroxyl groups is 2. The highest BCUT2D eigenvalue weighted by molar-refractivity contribution is 6.02. The molecule has 1 fully saturated rings. The molecule has 1 saturated carbocycles. The number of unbranched alkanes of at least 4 members (excludes halogenated alkanes) is 2. The van der Waals surface area contributed by atoms with Gasteiger partial charge in [-0.25, -0.2) is 4.79 Å². The summed E-state index contributed by atoms with van der Waals surface area (Å²) in [6, 6.07) is 4.52. The molecule has 1 aliphatic heterocycles. The van der Waals surface area contributed by atoms with E-state index < -0.39 is 29.4 Å². The molecule has 1 heterocycles. The summed E-state index contributed by atoms with van der Waals surface area (Å²) < 4.78 is 19.7. The molecule has 1 amide bonds. The van der Waals surface area contributed by atoms with Crippen LogP contribution in [0.5, 0.6) is 11.5 Å². The SMILES string of the molecule is C=CCOC12Oc3ccc(O)cc3C3C(CCCCO)C(CCCCO)C=C(C(=NOC(C)(C)C)CC1N(C)C(=O)OCC(C)(C)C)C32. The van der Waals surface area contributed by atoms with Crippen molar-refractivity contribution in [3.8, 4) is 11.5 Å². The zero-order valence-corrected chi connectivity index (χ0v) is 30.0. The molecule has 3 aliphatic rings. The molecule has 10 heteroatoms. The third-order valence-electron chi connectivity index (χ3n) is 9.47. The summed E-state index contributed by atoms with van der Waals surface area (Å²) in [5, 5.41) is 35.0. The van der Waals surface area contributed by atoms with Crippen molar-refractivity contribution in [1.29, 1.82) is 0 Å². The normalized spacial score (nSPS) is 27.3. The van der Waals surface area contributed by atoms with Gasteiger partial charge in [-0.3, -0.25) is 0 Å². The van der Waals surface area contributed by atoms with Gasteiger partial charge in [0.15, 0.2) is 0 Å². The van der Waals surface area contributed by atoms with Gasteiger partial charge >= 0.3 is 6.09 Å². The van der Waals surface area contributed by atoms with Gasteiger partial charge in [-0.05, 0) is 87.5 Å². The number of carbonyl (C=O) groups is 1. The van der Waals surface area contributed by atoms with Crippen LogP contribution in [-0.4, -0.2) is 82.9 Å². The number of amides is 1. The quantitative estimate of drug-likeness (QED) is 0.110. The first-order valence-electron chi connectivity index (χ1n) is 17.5. The fraction of sp³-hybridized carbons (Fsp3) is 0.684. The lowest BCUT2D eigenvalue weighted by Crippen LogP contribution is -2.69. The lowest BCUT2D eigenvalue weighted by Gasteiger charge is -2.59. The summed E-state index contributed by atoms with van der Waals surface area (Å²) in [4.78, 5) is 21.4. The van der Waals surface area contributed by atoms with E-state index in [9.17, 15) is 20.1 Å². The minimum Gasteiger partial charge on any atom is -0.508 e. The topological polar surface area (TPSA) is 130 Å². The van der Waals surface area contributed by atoms with Gasteiger partial charge in [0, 0.05) is 38.2 Å². The minimum absolute atomic E-state index is 0.0850. The van der Waals surface area contributed by atoms with E-state index in [2.05, 4.69) is 12.7 Å². The second-order valence-corrected chi connectivity index (χ2v) is 15.7. The molecule has 1 aromatic carbocycles. The molecule has 48 heavy (non-hydrogen) atoms. The van der Waals surface area contributed by atoms with Crippen LogP contribution in [0.4, 0.5) is 4.79 Å². The average molecular weight is 671 g/mol. The van der Waals surface area contributed by atoms with E-state index in [0.29, 0.717) is 24.3 Å². The first kappa shape index (κ1) is 37.7. The second-order valence-electron chi connectivity index (χ2n) is 15.7. The van der Waals surface area contributed by atoms with Gasteiger partial charge in [0.05, 0.1) is 24.8 Å². The smallest absolute Gasteiger partial charge is 0.410 e.